The third-order valence-electron chi connectivity index (χ3n) is 7.80. The van der Waals surface area contributed by atoms with Crippen LogP contribution in [0.15, 0.2) is 93.3 Å². The Morgan fingerprint density at radius 3 is 1.26 bits per heavy atom. The standard InChI is InChI=1S/C38H40N6O6/c1-21-9-13-29(23(3)17-21)39-37(47)35(25(5)45)43-41-31-15-11-27(19-33(31)49-7)28-12-16-32(34(20-28)50-8)42-44-36(26(6)46)38(48)40-30-14-10-22(2)18-24(30)4/h9-20,35-36H,1-8H3,(H,39,47)(H,40,48)/t35-,36+. The first kappa shape index (κ1) is 36.8. The molecule has 2 amide bonds. The van der Waals surface area contributed by atoms with Crippen LogP contribution in [0, 0.1) is 27.7 Å². The molecule has 0 fully saturated rings. The largest absolute Gasteiger partial charge is 0.494 e. The van der Waals surface area contributed by atoms with Crippen molar-refractivity contribution in [2.24, 2.45) is 20.5 Å². The second-order valence-electron chi connectivity index (χ2n) is 11.8. The summed E-state index contributed by atoms with van der Waals surface area (Å²) >= 11 is 0. The lowest BCUT2D eigenvalue weighted by atomic mass is 10.0. The van der Waals surface area contributed by atoms with Crippen molar-refractivity contribution in [2.75, 3.05) is 24.9 Å². The number of methoxy groups -OCH3 is 2. The molecule has 0 radical (unpaired) electrons. The fourth-order valence-electron chi connectivity index (χ4n) is 5.07. The molecule has 2 N–H and O–H groups in total. The van der Waals surface area contributed by atoms with E-state index >= 15 is 0 Å². The number of ketones is 2. The minimum absolute atomic E-state index is 0.314. The topological polar surface area (TPSA) is 160 Å². The fraction of sp³-hybridized carbons (Fsp3) is 0.263. The van der Waals surface area contributed by atoms with Gasteiger partial charge in [0.1, 0.15) is 22.9 Å². The van der Waals surface area contributed by atoms with Crippen LogP contribution in [0.3, 0.4) is 0 Å². The summed E-state index contributed by atoms with van der Waals surface area (Å²) in [7, 11) is 2.94. The minimum atomic E-state index is -1.36. The van der Waals surface area contributed by atoms with Crippen LogP contribution in [-0.4, -0.2) is 49.7 Å². The van der Waals surface area contributed by atoms with Crippen molar-refractivity contribution in [1.29, 1.82) is 0 Å². The number of anilines is 2. The number of rotatable bonds is 13. The molecule has 12 heteroatoms. The van der Waals surface area contributed by atoms with Crippen LogP contribution in [-0.2, 0) is 19.2 Å². The quantitative estimate of drug-likeness (QED) is 0.108. The highest BCUT2D eigenvalue weighted by Crippen LogP contribution is 2.37. The maximum atomic E-state index is 13.0. The molecule has 0 aliphatic carbocycles. The van der Waals surface area contributed by atoms with E-state index in [1.807, 2.05) is 52.0 Å². The van der Waals surface area contributed by atoms with E-state index in [9.17, 15) is 19.2 Å². The molecule has 0 spiro atoms. The summed E-state index contributed by atoms with van der Waals surface area (Å²) in [5, 5.41) is 22.0. The maximum Gasteiger partial charge on any atom is 0.258 e. The lowest BCUT2D eigenvalue weighted by Gasteiger charge is -2.13. The van der Waals surface area contributed by atoms with Crippen LogP contribution in [0.2, 0.25) is 0 Å². The van der Waals surface area contributed by atoms with Crippen LogP contribution in [0.4, 0.5) is 22.7 Å². The molecule has 0 aliphatic rings. The third-order valence-corrected chi connectivity index (χ3v) is 7.80. The smallest absolute Gasteiger partial charge is 0.258 e. The minimum Gasteiger partial charge on any atom is -0.494 e. The van der Waals surface area contributed by atoms with E-state index in [1.54, 1.807) is 48.5 Å². The van der Waals surface area contributed by atoms with Gasteiger partial charge in [-0.2, -0.15) is 20.5 Å². The summed E-state index contributed by atoms with van der Waals surface area (Å²) < 4.78 is 11.1. The lowest BCUT2D eigenvalue weighted by Crippen LogP contribution is -2.32. The number of amides is 2. The highest BCUT2D eigenvalue weighted by molar-refractivity contribution is 6.11. The van der Waals surface area contributed by atoms with E-state index in [4.69, 9.17) is 9.47 Å². The average Bonchev–Trinajstić information content (AvgIpc) is 3.07. The predicted molar refractivity (Wildman–Crippen MR) is 192 cm³/mol. The first-order valence-electron chi connectivity index (χ1n) is 15.8. The molecule has 12 nitrogen and oxygen atoms in total. The molecule has 4 aromatic carbocycles. The van der Waals surface area contributed by atoms with E-state index in [2.05, 4.69) is 31.1 Å². The first-order valence-corrected chi connectivity index (χ1v) is 15.8. The molecule has 0 bridgehead atoms. The molecular weight excluding hydrogens is 636 g/mol. The number of azo groups is 2. The molecule has 0 aromatic heterocycles. The van der Waals surface area contributed by atoms with E-state index < -0.39 is 35.5 Å². The van der Waals surface area contributed by atoms with Crippen LogP contribution < -0.4 is 20.1 Å². The highest BCUT2D eigenvalue weighted by Gasteiger charge is 2.25. The van der Waals surface area contributed by atoms with Crippen molar-refractivity contribution in [2.45, 2.75) is 53.6 Å². The van der Waals surface area contributed by atoms with Crippen molar-refractivity contribution in [3.05, 3.63) is 95.1 Å². The Bertz CT molecular complexity index is 1860. The van der Waals surface area contributed by atoms with E-state index in [1.165, 1.54) is 28.1 Å². The zero-order chi connectivity index (χ0) is 36.5. The molecule has 0 heterocycles. The number of nitrogens with zero attached hydrogens (tertiary/aromatic N) is 4. The number of carbonyl (C=O) groups excluding carboxylic acids is 4. The Labute approximate surface area is 291 Å². The number of ether oxygens (including phenoxy) is 2. The van der Waals surface area contributed by atoms with Gasteiger partial charge < -0.3 is 20.1 Å². The SMILES string of the molecule is COc1cc(-c2ccc(N=N[C@@H](C(C)=O)C(=O)Nc3ccc(C)cc3C)c(OC)c2)ccc1N=N[C@H](C(C)=O)C(=O)Nc1ccc(C)cc1C. The Hall–Kier alpha value is -6.04. The van der Waals surface area contributed by atoms with E-state index in [0.29, 0.717) is 34.2 Å². The van der Waals surface area contributed by atoms with Crippen molar-refractivity contribution in [3.63, 3.8) is 0 Å². The second kappa shape index (κ2) is 16.4. The molecule has 4 aromatic rings. The predicted octanol–water partition coefficient (Wildman–Crippen LogP) is 7.96. The monoisotopic (exact) mass is 676 g/mol. The number of hydrogen-bond acceptors (Lipinski definition) is 10. The first-order chi connectivity index (χ1) is 23.8. The van der Waals surface area contributed by atoms with Crippen molar-refractivity contribution >= 4 is 46.1 Å². The molecule has 0 saturated carbocycles. The summed E-state index contributed by atoms with van der Waals surface area (Å²) in [5.41, 5.74) is 7.08. The van der Waals surface area contributed by atoms with Gasteiger partial charge in [-0.3, -0.25) is 19.2 Å². The lowest BCUT2D eigenvalue weighted by molar-refractivity contribution is -0.127. The zero-order valence-electron chi connectivity index (χ0n) is 29.3. The molecule has 0 aliphatic heterocycles. The number of Topliss-reactive ketones (excluding diaryl/α,β-unsaturated/α-hetero) is 2. The summed E-state index contributed by atoms with van der Waals surface area (Å²) in [6.45, 7) is 10.2. The summed E-state index contributed by atoms with van der Waals surface area (Å²) in [5.74, 6) is -1.41. The zero-order valence-corrected chi connectivity index (χ0v) is 29.3. The number of carbonyl (C=O) groups is 4. The Morgan fingerprint density at radius 1 is 0.560 bits per heavy atom. The molecule has 258 valence electrons. The van der Waals surface area contributed by atoms with E-state index in [-0.39, 0.29) is 0 Å². The third kappa shape index (κ3) is 9.10. The van der Waals surface area contributed by atoms with Crippen molar-refractivity contribution in [3.8, 4) is 22.6 Å². The van der Waals surface area contributed by atoms with Gasteiger partial charge in [-0.05, 0) is 100 Å². The Kier molecular flexibility index (Phi) is 12.1. The molecule has 0 saturated heterocycles. The van der Waals surface area contributed by atoms with Gasteiger partial charge >= 0.3 is 0 Å². The van der Waals surface area contributed by atoms with Crippen molar-refractivity contribution in [1.82, 2.24) is 0 Å². The molecular formula is C38H40N6O6. The van der Waals surface area contributed by atoms with Gasteiger partial charge in [-0.25, -0.2) is 0 Å². The fourth-order valence-corrected chi connectivity index (χ4v) is 5.07. The van der Waals surface area contributed by atoms with Crippen LogP contribution in [0.1, 0.15) is 36.1 Å². The second-order valence-corrected chi connectivity index (χ2v) is 11.8. The summed E-state index contributed by atoms with van der Waals surface area (Å²) in [6.07, 6.45) is 0. The Balaban J connectivity index is 1.53. The molecule has 0 unspecified atom stereocenters. The van der Waals surface area contributed by atoms with Gasteiger partial charge in [0.25, 0.3) is 11.8 Å². The molecule has 50 heavy (non-hydrogen) atoms. The van der Waals surface area contributed by atoms with E-state index in [0.717, 1.165) is 33.4 Å². The highest BCUT2D eigenvalue weighted by atomic mass is 16.5. The van der Waals surface area contributed by atoms with Gasteiger partial charge in [-0.15, -0.1) is 0 Å². The van der Waals surface area contributed by atoms with Crippen molar-refractivity contribution < 1.29 is 28.7 Å². The van der Waals surface area contributed by atoms with Gasteiger partial charge in [0.2, 0.25) is 12.1 Å². The van der Waals surface area contributed by atoms with Gasteiger partial charge in [-0.1, -0.05) is 47.5 Å². The molecule has 2 atom stereocenters. The number of hydrogen-bond donors (Lipinski definition) is 2. The van der Waals surface area contributed by atoms with Gasteiger partial charge in [0.05, 0.1) is 14.2 Å². The summed E-state index contributed by atoms with van der Waals surface area (Å²) in [6, 6.07) is 18.7. The number of benzene rings is 4. The van der Waals surface area contributed by atoms with Crippen LogP contribution in [0.5, 0.6) is 11.5 Å². The Morgan fingerprint density at radius 2 is 0.940 bits per heavy atom. The van der Waals surface area contributed by atoms with Gasteiger partial charge in [0, 0.05) is 11.4 Å². The maximum absolute atomic E-state index is 13.0. The average molecular weight is 677 g/mol. The molecule has 4 rings (SSSR count). The number of nitrogens with one attached hydrogen (secondary N) is 2. The van der Waals surface area contributed by atoms with Gasteiger partial charge in [0.15, 0.2) is 11.6 Å². The summed E-state index contributed by atoms with van der Waals surface area (Å²) in [4.78, 5) is 50.6. The number of aryl methyl sites for hydroxylation is 4. The normalized spacial score (nSPS) is 12.4. The van der Waals surface area contributed by atoms with Crippen LogP contribution in [0.25, 0.3) is 11.1 Å². The van der Waals surface area contributed by atoms with Crippen LogP contribution >= 0.6 is 0 Å².